The molecule has 3 aromatic carbocycles. The molecule has 5 nitrogen and oxygen atoms in total. The molecule has 0 saturated carbocycles. The average molecular weight is 401 g/mol. The highest BCUT2D eigenvalue weighted by molar-refractivity contribution is 5.94. The summed E-state index contributed by atoms with van der Waals surface area (Å²) >= 11 is 0. The minimum Gasteiger partial charge on any atom is -0.339 e. The second-order valence-corrected chi connectivity index (χ2v) is 7.62. The third-order valence-electron chi connectivity index (χ3n) is 5.60. The second-order valence-electron chi connectivity index (χ2n) is 7.62. The van der Waals surface area contributed by atoms with Gasteiger partial charge in [0.2, 0.25) is 11.7 Å². The number of halogens is 1. The van der Waals surface area contributed by atoms with Gasteiger partial charge in [-0.25, -0.2) is 4.39 Å². The normalized spacial score (nSPS) is 16.7. The molecule has 0 radical (unpaired) electrons. The first-order chi connectivity index (χ1) is 14.7. The van der Waals surface area contributed by atoms with Crippen LogP contribution in [-0.2, 0) is 0 Å². The van der Waals surface area contributed by atoms with Gasteiger partial charge in [-0.05, 0) is 53.9 Å². The lowest BCUT2D eigenvalue weighted by molar-refractivity contribution is 0.0695. The van der Waals surface area contributed by atoms with Crippen molar-refractivity contribution < 1.29 is 13.7 Å². The third-order valence-corrected chi connectivity index (χ3v) is 5.60. The number of benzene rings is 3. The number of carbonyl (C=O) groups is 1. The molecule has 0 spiro atoms. The number of fused-ring (bicyclic) bond motifs is 1. The van der Waals surface area contributed by atoms with Crippen molar-refractivity contribution in [1.82, 2.24) is 15.0 Å². The molecule has 6 heteroatoms. The maximum Gasteiger partial charge on any atom is 0.253 e. The Morgan fingerprint density at radius 2 is 1.83 bits per heavy atom. The summed E-state index contributed by atoms with van der Waals surface area (Å²) in [6.07, 6.45) is 1.73. The van der Waals surface area contributed by atoms with E-state index in [4.69, 9.17) is 4.52 Å². The van der Waals surface area contributed by atoms with E-state index in [-0.39, 0.29) is 17.6 Å². The highest BCUT2D eigenvalue weighted by Crippen LogP contribution is 2.29. The first-order valence-corrected chi connectivity index (χ1v) is 10.0. The van der Waals surface area contributed by atoms with E-state index in [0.29, 0.717) is 30.4 Å². The number of hydrogen-bond donors (Lipinski definition) is 0. The van der Waals surface area contributed by atoms with E-state index >= 15 is 0 Å². The van der Waals surface area contributed by atoms with Gasteiger partial charge >= 0.3 is 0 Å². The van der Waals surface area contributed by atoms with E-state index in [1.165, 1.54) is 24.3 Å². The maximum absolute atomic E-state index is 13.2. The minimum atomic E-state index is -0.352. The highest BCUT2D eigenvalue weighted by Gasteiger charge is 2.29. The van der Waals surface area contributed by atoms with Crippen LogP contribution in [0.4, 0.5) is 4.39 Å². The van der Waals surface area contributed by atoms with E-state index in [2.05, 4.69) is 28.3 Å². The summed E-state index contributed by atoms with van der Waals surface area (Å²) < 4.78 is 18.7. The highest BCUT2D eigenvalue weighted by atomic mass is 19.1. The molecule has 0 N–H and O–H groups in total. The van der Waals surface area contributed by atoms with Gasteiger partial charge in [-0.15, -0.1) is 0 Å². The lowest BCUT2D eigenvalue weighted by Gasteiger charge is -2.31. The fourth-order valence-electron chi connectivity index (χ4n) is 3.98. The number of aromatic nitrogens is 2. The summed E-state index contributed by atoms with van der Waals surface area (Å²) in [6, 6.07) is 19.9. The molecule has 0 aliphatic carbocycles. The van der Waals surface area contributed by atoms with Crippen molar-refractivity contribution in [2.75, 3.05) is 13.1 Å². The van der Waals surface area contributed by atoms with Crippen LogP contribution < -0.4 is 0 Å². The molecule has 1 aromatic heterocycles. The van der Waals surface area contributed by atoms with Crippen LogP contribution in [0.25, 0.3) is 22.2 Å². The number of rotatable bonds is 3. The molecular weight excluding hydrogens is 381 g/mol. The Bertz CT molecular complexity index is 1200. The predicted molar refractivity (Wildman–Crippen MR) is 112 cm³/mol. The fraction of sp³-hybridized carbons (Fsp3) is 0.208. The smallest absolute Gasteiger partial charge is 0.253 e. The Morgan fingerprint density at radius 1 is 1.03 bits per heavy atom. The number of hydrogen-bond acceptors (Lipinski definition) is 4. The molecule has 1 aliphatic heterocycles. The molecule has 1 unspecified atom stereocenters. The molecule has 1 atom stereocenters. The SMILES string of the molecule is O=C(c1ccc(F)cc1)N1CCCC(c2nc(-c3ccc4ccccc4c3)no2)C1. The third kappa shape index (κ3) is 3.56. The summed E-state index contributed by atoms with van der Waals surface area (Å²) in [6.45, 7) is 1.17. The first kappa shape index (κ1) is 18.5. The van der Waals surface area contributed by atoms with Gasteiger partial charge in [-0.2, -0.15) is 4.98 Å². The standard InChI is InChI=1S/C24H20FN3O2/c25-21-11-9-17(10-12-21)24(29)28-13-3-6-20(15-28)23-26-22(27-30-23)19-8-7-16-4-1-2-5-18(16)14-19/h1-2,4-5,7-12,14,20H,3,6,13,15H2. The summed E-state index contributed by atoms with van der Waals surface area (Å²) in [4.78, 5) is 19.2. The van der Waals surface area contributed by atoms with E-state index in [0.717, 1.165) is 29.2 Å². The van der Waals surface area contributed by atoms with Crippen molar-refractivity contribution in [3.63, 3.8) is 0 Å². The van der Waals surface area contributed by atoms with Gasteiger partial charge in [-0.3, -0.25) is 4.79 Å². The summed E-state index contributed by atoms with van der Waals surface area (Å²) in [5, 5.41) is 6.45. The molecule has 1 amide bonds. The number of carbonyl (C=O) groups excluding carboxylic acids is 1. The predicted octanol–water partition coefficient (Wildman–Crippen LogP) is 5.05. The molecule has 0 bridgehead atoms. The molecule has 1 saturated heterocycles. The summed E-state index contributed by atoms with van der Waals surface area (Å²) in [5.74, 6) is 0.640. The van der Waals surface area contributed by atoms with Crippen LogP contribution in [0.3, 0.4) is 0 Å². The molecule has 30 heavy (non-hydrogen) atoms. The Labute approximate surface area is 173 Å². The van der Waals surface area contributed by atoms with Crippen molar-refractivity contribution in [3.8, 4) is 11.4 Å². The van der Waals surface area contributed by atoms with Gasteiger partial charge in [0.25, 0.3) is 5.91 Å². The van der Waals surface area contributed by atoms with Crippen LogP contribution in [0, 0.1) is 5.82 Å². The Kier molecular flexibility index (Phi) is 4.75. The number of likely N-dealkylation sites (tertiary alicyclic amines) is 1. The van der Waals surface area contributed by atoms with Gasteiger partial charge < -0.3 is 9.42 Å². The molecule has 5 rings (SSSR count). The first-order valence-electron chi connectivity index (χ1n) is 10.0. The van der Waals surface area contributed by atoms with Crippen LogP contribution in [0.5, 0.6) is 0 Å². The Balaban J connectivity index is 1.35. The fourth-order valence-corrected chi connectivity index (χ4v) is 3.98. The molecule has 1 aliphatic rings. The second kappa shape index (κ2) is 7.71. The average Bonchev–Trinajstić information content (AvgIpc) is 3.29. The van der Waals surface area contributed by atoms with Crippen molar-refractivity contribution in [2.24, 2.45) is 0 Å². The lowest BCUT2D eigenvalue weighted by atomic mass is 9.97. The number of nitrogens with zero attached hydrogens (tertiary/aromatic N) is 3. The molecule has 2 heterocycles. The Hall–Kier alpha value is -3.54. The Morgan fingerprint density at radius 3 is 2.67 bits per heavy atom. The van der Waals surface area contributed by atoms with Crippen molar-refractivity contribution in [2.45, 2.75) is 18.8 Å². The topological polar surface area (TPSA) is 59.2 Å². The van der Waals surface area contributed by atoms with Gasteiger partial charge in [0.05, 0.1) is 5.92 Å². The van der Waals surface area contributed by atoms with Crippen molar-refractivity contribution in [3.05, 3.63) is 84.0 Å². The molecule has 4 aromatic rings. The van der Waals surface area contributed by atoms with Crippen LogP contribution in [0.15, 0.2) is 71.3 Å². The largest absolute Gasteiger partial charge is 0.339 e. The lowest BCUT2D eigenvalue weighted by Crippen LogP contribution is -2.39. The molecule has 1 fully saturated rings. The molecule has 150 valence electrons. The quantitative estimate of drug-likeness (QED) is 0.482. The zero-order valence-corrected chi connectivity index (χ0v) is 16.3. The van der Waals surface area contributed by atoms with Gasteiger partial charge in [-0.1, -0.05) is 41.6 Å². The van der Waals surface area contributed by atoms with Gasteiger partial charge in [0, 0.05) is 24.2 Å². The number of amides is 1. The maximum atomic E-state index is 13.2. The van der Waals surface area contributed by atoms with Gasteiger partial charge in [0.1, 0.15) is 5.82 Å². The summed E-state index contributed by atoms with van der Waals surface area (Å²) in [5.41, 5.74) is 1.39. The van der Waals surface area contributed by atoms with Gasteiger partial charge in [0.15, 0.2) is 0 Å². The minimum absolute atomic E-state index is 0.00939. The number of piperidine rings is 1. The zero-order valence-electron chi connectivity index (χ0n) is 16.3. The summed E-state index contributed by atoms with van der Waals surface area (Å²) in [7, 11) is 0. The van der Waals surface area contributed by atoms with Crippen LogP contribution in [0.1, 0.15) is 35.0 Å². The van der Waals surface area contributed by atoms with Crippen molar-refractivity contribution in [1.29, 1.82) is 0 Å². The van der Waals surface area contributed by atoms with E-state index < -0.39 is 0 Å². The monoisotopic (exact) mass is 401 g/mol. The molecular formula is C24H20FN3O2. The van der Waals surface area contributed by atoms with Crippen molar-refractivity contribution >= 4 is 16.7 Å². The van der Waals surface area contributed by atoms with Crippen LogP contribution in [-0.4, -0.2) is 34.0 Å². The van der Waals surface area contributed by atoms with E-state index in [1.54, 1.807) is 4.90 Å². The van der Waals surface area contributed by atoms with E-state index in [1.807, 2.05) is 24.3 Å². The van der Waals surface area contributed by atoms with Crippen LogP contribution >= 0.6 is 0 Å². The van der Waals surface area contributed by atoms with E-state index in [9.17, 15) is 9.18 Å². The zero-order chi connectivity index (χ0) is 20.5. The van der Waals surface area contributed by atoms with Crippen LogP contribution in [0.2, 0.25) is 0 Å².